The fraction of sp³-hybridized carbons (Fsp3) is 0.417. The van der Waals surface area contributed by atoms with Crippen LogP contribution in [-0.4, -0.2) is 31.8 Å². The summed E-state index contributed by atoms with van der Waals surface area (Å²) in [7, 11) is 3.04. The Morgan fingerprint density at radius 1 is 1.35 bits per heavy atom. The highest BCUT2D eigenvalue weighted by Crippen LogP contribution is 2.33. The summed E-state index contributed by atoms with van der Waals surface area (Å²) in [6.07, 6.45) is 0. The normalized spacial score (nSPS) is 12.0. The molecule has 17 heavy (non-hydrogen) atoms. The van der Waals surface area contributed by atoms with E-state index in [1.54, 1.807) is 12.1 Å². The smallest absolute Gasteiger partial charge is 0.312 e. The Labute approximate surface area is 100 Å². The molecular formula is C12H17NO4. The highest BCUT2D eigenvalue weighted by Gasteiger charge is 2.23. The average molecular weight is 239 g/mol. The molecule has 1 aromatic carbocycles. The zero-order valence-electron chi connectivity index (χ0n) is 10.2. The Hall–Kier alpha value is -1.75. The minimum Gasteiger partial charge on any atom is -0.496 e. The fourth-order valence-corrected chi connectivity index (χ4v) is 1.71. The van der Waals surface area contributed by atoms with Crippen LogP contribution in [0.3, 0.4) is 0 Å². The third-order valence-electron chi connectivity index (χ3n) is 2.66. The van der Waals surface area contributed by atoms with Crippen LogP contribution in [0, 0.1) is 6.92 Å². The summed E-state index contributed by atoms with van der Waals surface area (Å²) < 4.78 is 10.4. The van der Waals surface area contributed by atoms with E-state index in [1.165, 1.54) is 14.2 Å². The second kappa shape index (κ2) is 5.54. The number of ether oxygens (including phenoxy) is 2. The van der Waals surface area contributed by atoms with Crippen LogP contribution < -0.4 is 15.2 Å². The number of carbonyl (C=O) groups is 1. The summed E-state index contributed by atoms with van der Waals surface area (Å²) in [4.78, 5) is 11.1. The van der Waals surface area contributed by atoms with Crippen LogP contribution in [0.1, 0.15) is 17.0 Å². The molecule has 0 heterocycles. The first-order valence-corrected chi connectivity index (χ1v) is 5.20. The van der Waals surface area contributed by atoms with Crippen molar-refractivity contribution in [3.05, 3.63) is 23.3 Å². The zero-order chi connectivity index (χ0) is 13.0. The molecule has 1 rings (SSSR count). The quantitative estimate of drug-likeness (QED) is 0.805. The van der Waals surface area contributed by atoms with Gasteiger partial charge in [0.25, 0.3) is 0 Å². The molecule has 1 unspecified atom stereocenters. The van der Waals surface area contributed by atoms with E-state index in [9.17, 15) is 4.79 Å². The van der Waals surface area contributed by atoms with Crippen LogP contribution in [0.15, 0.2) is 12.1 Å². The van der Waals surface area contributed by atoms with Gasteiger partial charge in [-0.1, -0.05) is 0 Å². The van der Waals surface area contributed by atoms with Gasteiger partial charge in [0.15, 0.2) is 0 Å². The minimum absolute atomic E-state index is 0.0118. The predicted octanol–water partition coefficient (Wildman–Crippen LogP) is 1.14. The number of carboxylic acid groups (broad SMARTS) is 1. The van der Waals surface area contributed by atoms with Crippen molar-refractivity contribution in [2.24, 2.45) is 5.73 Å². The number of aliphatic carboxylic acids is 1. The van der Waals surface area contributed by atoms with E-state index in [-0.39, 0.29) is 6.54 Å². The number of benzene rings is 1. The summed E-state index contributed by atoms with van der Waals surface area (Å²) in [5.41, 5.74) is 6.90. The molecule has 5 nitrogen and oxygen atoms in total. The molecule has 0 amide bonds. The topological polar surface area (TPSA) is 81.8 Å². The van der Waals surface area contributed by atoms with E-state index in [1.807, 2.05) is 6.92 Å². The first kappa shape index (κ1) is 13.3. The van der Waals surface area contributed by atoms with Gasteiger partial charge in [-0.15, -0.1) is 0 Å². The van der Waals surface area contributed by atoms with Crippen LogP contribution in [0.25, 0.3) is 0 Å². The molecule has 0 aliphatic heterocycles. The van der Waals surface area contributed by atoms with Crippen LogP contribution >= 0.6 is 0 Å². The van der Waals surface area contributed by atoms with E-state index in [4.69, 9.17) is 20.3 Å². The van der Waals surface area contributed by atoms with Crippen molar-refractivity contribution < 1.29 is 19.4 Å². The van der Waals surface area contributed by atoms with Crippen molar-refractivity contribution in [3.63, 3.8) is 0 Å². The highest BCUT2D eigenvalue weighted by atomic mass is 16.5. The summed E-state index contributed by atoms with van der Waals surface area (Å²) >= 11 is 0. The Morgan fingerprint density at radius 3 is 2.35 bits per heavy atom. The second-order valence-electron chi connectivity index (χ2n) is 3.69. The van der Waals surface area contributed by atoms with Gasteiger partial charge in [0.1, 0.15) is 11.5 Å². The fourth-order valence-electron chi connectivity index (χ4n) is 1.71. The zero-order valence-corrected chi connectivity index (χ0v) is 10.2. The molecule has 3 N–H and O–H groups in total. The van der Waals surface area contributed by atoms with Crippen molar-refractivity contribution in [2.75, 3.05) is 20.8 Å². The molecule has 0 radical (unpaired) electrons. The van der Waals surface area contributed by atoms with Gasteiger partial charge in [0, 0.05) is 12.1 Å². The van der Waals surface area contributed by atoms with Crippen LogP contribution in [-0.2, 0) is 4.79 Å². The predicted molar refractivity (Wildman–Crippen MR) is 63.7 cm³/mol. The first-order chi connectivity index (χ1) is 8.04. The van der Waals surface area contributed by atoms with Crippen molar-refractivity contribution in [3.8, 4) is 11.5 Å². The van der Waals surface area contributed by atoms with Gasteiger partial charge in [-0.3, -0.25) is 4.79 Å². The van der Waals surface area contributed by atoms with E-state index < -0.39 is 11.9 Å². The first-order valence-electron chi connectivity index (χ1n) is 5.20. The lowest BCUT2D eigenvalue weighted by Gasteiger charge is -2.17. The SMILES string of the molecule is COc1cc(C(CN)C(=O)O)c(OC)cc1C. The number of aryl methyl sites for hydroxylation is 1. The van der Waals surface area contributed by atoms with E-state index in [0.717, 1.165) is 5.56 Å². The Kier molecular flexibility index (Phi) is 4.34. The van der Waals surface area contributed by atoms with Gasteiger partial charge in [0.2, 0.25) is 0 Å². The van der Waals surface area contributed by atoms with E-state index in [0.29, 0.717) is 17.1 Å². The standard InChI is InChI=1S/C12H17NO4/c1-7-4-11(17-3)8(5-10(7)16-2)9(6-13)12(14)15/h4-5,9H,6,13H2,1-3H3,(H,14,15). The molecule has 1 aromatic rings. The Morgan fingerprint density at radius 2 is 1.94 bits per heavy atom. The molecule has 0 saturated heterocycles. The maximum atomic E-state index is 11.1. The van der Waals surface area contributed by atoms with E-state index in [2.05, 4.69) is 0 Å². The third kappa shape index (κ3) is 2.68. The van der Waals surface area contributed by atoms with Crippen molar-refractivity contribution >= 4 is 5.97 Å². The molecule has 5 heteroatoms. The van der Waals surface area contributed by atoms with Gasteiger partial charge in [-0.2, -0.15) is 0 Å². The largest absolute Gasteiger partial charge is 0.496 e. The summed E-state index contributed by atoms with van der Waals surface area (Å²) in [5.74, 6) is -0.627. The summed E-state index contributed by atoms with van der Waals surface area (Å²) in [6, 6.07) is 3.42. The second-order valence-corrected chi connectivity index (χ2v) is 3.69. The van der Waals surface area contributed by atoms with Crippen LogP contribution in [0.2, 0.25) is 0 Å². The Balaban J connectivity index is 3.33. The van der Waals surface area contributed by atoms with Crippen molar-refractivity contribution in [1.29, 1.82) is 0 Å². The molecule has 0 saturated carbocycles. The number of methoxy groups -OCH3 is 2. The lowest BCUT2D eigenvalue weighted by atomic mass is 9.96. The van der Waals surface area contributed by atoms with Gasteiger partial charge >= 0.3 is 5.97 Å². The molecule has 0 aromatic heterocycles. The van der Waals surface area contributed by atoms with Crippen molar-refractivity contribution in [1.82, 2.24) is 0 Å². The molecular weight excluding hydrogens is 222 g/mol. The maximum Gasteiger partial charge on any atom is 0.312 e. The van der Waals surface area contributed by atoms with Crippen LogP contribution in [0.4, 0.5) is 0 Å². The van der Waals surface area contributed by atoms with E-state index >= 15 is 0 Å². The number of carboxylic acids is 1. The van der Waals surface area contributed by atoms with Gasteiger partial charge in [-0.25, -0.2) is 0 Å². The lowest BCUT2D eigenvalue weighted by Crippen LogP contribution is -2.21. The molecule has 0 aliphatic carbocycles. The van der Waals surface area contributed by atoms with Gasteiger partial charge in [0.05, 0.1) is 20.1 Å². The molecule has 0 aliphatic rings. The van der Waals surface area contributed by atoms with Crippen molar-refractivity contribution in [2.45, 2.75) is 12.8 Å². The number of nitrogens with two attached hydrogens (primary N) is 1. The number of rotatable bonds is 5. The molecule has 0 bridgehead atoms. The number of hydrogen-bond acceptors (Lipinski definition) is 4. The lowest BCUT2D eigenvalue weighted by molar-refractivity contribution is -0.138. The monoisotopic (exact) mass is 239 g/mol. The third-order valence-corrected chi connectivity index (χ3v) is 2.66. The molecule has 0 spiro atoms. The highest BCUT2D eigenvalue weighted by molar-refractivity contribution is 5.78. The molecule has 1 atom stereocenters. The average Bonchev–Trinajstić information content (AvgIpc) is 2.30. The molecule has 94 valence electrons. The maximum absolute atomic E-state index is 11.1. The Bertz CT molecular complexity index is 417. The number of hydrogen-bond donors (Lipinski definition) is 2. The van der Waals surface area contributed by atoms with Gasteiger partial charge in [-0.05, 0) is 24.6 Å². The molecule has 0 fully saturated rings. The minimum atomic E-state index is -0.975. The van der Waals surface area contributed by atoms with Crippen LogP contribution in [0.5, 0.6) is 11.5 Å². The summed E-state index contributed by atoms with van der Waals surface area (Å²) in [5, 5.41) is 9.10. The van der Waals surface area contributed by atoms with Gasteiger partial charge < -0.3 is 20.3 Å². The summed E-state index contributed by atoms with van der Waals surface area (Å²) in [6.45, 7) is 1.88.